The Morgan fingerprint density at radius 3 is 1.12 bits per heavy atom. The molecule has 84 heavy (non-hydrogen) atoms. The summed E-state index contributed by atoms with van der Waals surface area (Å²) in [5, 5.41) is 19.2. The summed E-state index contributed by atoms with van der Waals surface area (Å²) in [6.45, 7) is 21.6. The lowest BCUT2D eigenvalue weighted by Crippen LogP contribution is -2.12. The van der Waals surface area contributed by atoms with Crippen molar-refractivity contribution in [1.29, 1.82) is 0 Å². The molecular formula is C66H96Cl2N4O12. The average molecular weight is 1210 g/mol. The lowest BCUT2D eigenvalue weighted by atomic mass is 9.93. The van der Waals surface area contributed by atoms with E-state index in [9.17, 15) is 4.79 Å². The van der Waals surface area contributed by atoms with Crippen LogP contribution in [0, 0.1) is 41.5 Å². The van der Waals surface area contributed by atoms with Crippen LogP contribution in [0.5, 0.6) is 11.5 Å². The molecule has 0 aliphatic carbocycles. The summed E-state index contributed by atoms with van der Waals surface area (Å²) in [4.78, 5) is 10.1. The number of aromatic nitrogens is 4. The van der Waals surface area contributed by atoms with Gasteiger partial charge in [-0.3, -0.25) is 9.36 Å². The number of aliphatic hydroxyl groups excluding tert-OH is 1. The molecule has 0 bridgehead atoms. The summed E-state index contributed by atoms with van der Waals surface area (Å²) in [7, 11) is 3.95. The highest BCUT2D eigenvalue weighted by Gasteiger charge is 2.20. The van der Waals surface area contributed by atoms with E-state index in [0.29, 0.717) is 112 Å². The van der Waals surface area contributed by atoms with Gasteiger partial charge in [-0.1, -0.05) is 50.2 Å². The molecule has 0 spiro atoms. The number of hydrogen-bond acceptors (Lipinski definition) is 14. The number of aldehydes is 1. The molecule has 0 saturated carbocycles. The maximum Gasteiger partial charge on any atom is 0.145 e. The molecule has 2 aromatic heterocycles. The summed E-state index contributed by atoms with van der Waals surface area (Å²) in [5.41, 5.74) is 15.1. The highest BCUT2D eigenvalue weighted by molar-refractivity contribution is 6.31. The minimum atomic E-state index is 0. The third-order valence-corrected chi connectivity index (χ3v) is 14.2. The topological polar surface area (TPSA) is 165 Å². The van der Waals surface area contributed by atoms with Crippen LogP contribution in [0.15, 0.2) is 72.8 Å². The maximum absolute atomic E-state index is 10.1. The Labute approximate surface area is 511 Å². The molecule has 18 heteroatoms. The van der Waals surface area contributed by atoms with E-state index >= 15 is 0 Å². The summed E-state index contributed by atoms with van der Waals surface area (Å²) in [5.74, 6) is 1.75. The first-order valence-electron chi connectivity index (χ1n) is 28.6. The molecule has 0 amide bonds. The Kier molecular flexibility index (Phi) is 36.3. The van der Waals surface area contributed by atoms with Gasteiger partial charge in [-0.15, -0.1) is 0 Å². The van der Waals surface area contributed by atoms with Crippen molar-refractivity contribution in [2.24, 2.45) is 14.1 Å². The summed E-state index contributed by atoms with van der Waals surface area (Å²) in [6.07, 6.45) is 6.59. The number of halogens is 2. The van der Waals surface area contributed by atoms with Gasteiger partial charge < -0.3 is 57.3 Å². The summed E-state index contributed by atoms with van der Waals surface area (Å²) < 4.78 is 59.7. The normalized spacial score (nSPS) is 11.0. The molecule has 0 aliphatic heterocycles. The van der Waals surface area contributed by atoms with Gasteiger partial charge in [0, 0.05) is 59.6 Å². The lowest BCUT2D eigenvalue weighted by Gasteiger charge is -2.18. The van der Waals surface area contributed by atoms with Gasteiger partial charge in [-0.25, -0.2) is 0 Å². The molecule has 16 nitrogen and oxygen atoms in total. The second kappa shape index (κ2) is 41.8. The van der Waals surface area contributed by atoms with Crippen LogP contribution < -0.4 is 9.47 Å². The quantitative estimate of drug-likeness (QED) is 0.0285. The zero-order valence-electron chi connectivity index (χ0n) is 49.7. The van der Waals surface area contributed by atoms with E-state index in [0.717, 1.165) is 145 Å². The number of rotatable bonds is 40. The highest BCUT2D eigenvalue weighted by Crippen LogP contribution is 2.42. The number of unbranched alkanes of at least 4 members (excludes halogenated alkanes) is 4. The Hall–Kier alpha value is -5.21. The second-order valence-corrected chi connectivity index (χ2v) is 20.6. The van der Waals surface area contributed by atoms with Crippen molar-refractivity contribution in [1.82, 2.24) is 19.6 Å². The molecule has 1 N–H and O–H groups in total. The molecule has 0 unspecified atom stereocenters. The fourth-order valence-electron chi connectivity index (χ4n) is 9.16. The van der Waals surface area contributed by atoms with Crippen LogP contribution in [0.2, 0.25) is 10.0 Å². The molecule has 0 aliphatic rings. The first-order valence-corrected chi connectivity index (χ1v) is 29.3. The van der Waals surface area contributed by atoms with Crippen molar-refractivity contribution in [2.75, 3.05) is 126 Å². The fourth-order valence-corrected chi connectivity index (χ4v) is 9.40. The molecule has 6 aromatic rings. The highest BCUT2D eigenvalue weighted by atomic mass is 35.5. The van der Waals surface area contributed by atoms with Gasteiger partial charge in [0.2, 0.25) is 0 Å². The monoisotopic (exact) mass is 1210 g/mol. The summed E-state index contributed by atoms with van der Waals surface area (Å²) in [6, 6.07) is 24.9. The Balaban J connectivity index is 0.000000430. The van der Waals surface area contributed by atoms with Crippen LogP contribution >= 0.6 is 23.2 Å². The number of hydrogen-bond donors (Lipinski definition) is 1. The predicted octanol–water partition coefficient (Wildman–Crippen LogP) is 13.4. The molecular weight excluding hydrogens is 1110 g/mol. The van der Waals surface area contributed by atoms with E-state index < -0.39 is 0 Å². The first-order chi connectivity index (χ1) is 39.8. The zero-order valence-corrected chi connectivity index (χ0v) is 51.2. The van der Waals surface area contributed by atoms with Crippen LogP contribution in [-0.4, -0.2) is 156 Å². The Morgan fingerprint density at radius 2 is 0.786 bits per heavy atom. The maximum atomic E-state index is 10.1. The van der Waals surface area contributed by atoms with Crippen molar-refractivity contribution in [3.63, 3.8) is 0 Å². The second-order valence-electron chi connectivity index (χ2n) is 19.8. The van der Waals surface area contributed by atoms with E-state index in [-0.39, 0.29) is 28.1 Å². The SMILES string of the molecule is C.C.Cc1cc(-c2ccc(OCCCCCOCCOCCOCCOCC=O)c(-c3ccc(Cl)c(C)c3)c2C)n(C)n1.Cc1cc(-c2ccc(OCCCCCOCCOCCOCCOCCO)c(-c3ccc(Cl)c(C)c3)c2C)n(C)n1. The van der Waals surface area contributed by atoms with Crippen molar-refractivity contribution in [2.45, 2.75) is 94.9 Å². The molecule has 6 rings (SSSR count). The number of benzene rings is 4. The van der Waals surface area contributed by atoms with Crippen LogP contribution in [0.4, 0.5) is 0 Å². The number of aliphatic hydroxyl groups is 1. The number of nitrogens with zero attached hydrogens (tertiary/aromatic N) is 4. The molecule has 0 atom stereocenters. The van der Waals surface area contributed by atoms with E-state index in [1.807, 2.05) is 63.3 Å². The zero-order chi connectivity index (χ0) is 58.9. The van der Waals surface area contributed by atoms with Gasteiger partial charge >= 0.3 is 0 Å². The molecule has 0 fully saturated rings. The minimum absolute atomic E-state index is 0. The average Bonchev–Trinajstić information content (AvgIpc) is 2.44. The standard InChI is InChI=1S/C32H45ClN2O6.C32H43ClN2O6.2CH4/c2*1-24-22-27(8-10-29(24)33)32-26(3)28(30-23-25(2)34-35(30)4)9-11-31(32)41-14-7-5-6-13-37-16-18-39-20-21-40-19-17-38-15-12-36;;/h8-11,22-23,36H,5-7,12-21H2,1-4H3;8-12,22-23H,5-7,13-21H2,1-4H3;2*1H4. The molecule has 466 valence electrons. The van der Waals surface area contributed by atoms with Crippen LogP contribution in [0.25, 0.3) is 44.8 Å². The lowest BCUT2D eigenvalue weighted by molar-refractivity contribution is -0.112. The van der Waals surface area contributed by atoms with Crippen molar-refractivity contribution in [3.8, 4) is 56.3 Å². The minimum Gasteiger partial charge on any atom is -0.493 e. The van der Waals surface area contributed by atoms with E-state index in [4.69, 9.17) is 75.7 Å². The third-order valence-electron chi connectivity index (χ3n) is 13.3. The first kappa shape index (κ1) is 73.0. The van der Waals surface area contributed by atoms with Crippen molar-refractivity contribution < 1.29 is 57.3 Å². The van der Waals surface area contributed by atoms with E-state index in [2.05, 4.69) is 84.7 Å². The van der Waals surface area contributed by atoms with Gasteiger partial charge in [0.15, 0.2) is 0 Å². The predicted molar refractivity (Wildman–Crippen MR) is 338 cm³/mol. The molecule has 0 saturated heterocycles. The number of carbonyl (C=O) groups is 1. The Bertz CT molecular complexity index is 2800. The molecule has 2 heterocycles. The van der Waals surface area contributed by atoms with Crippen LogP contribution in [0.1, 0.15) is 87.0 Å². The largest absolute Gasteiger partial charge is 0.493 e. The van der Waals surface area contributed by atoms with Crippen LogP contribution in [0.3, 0.4) is 0 Å². The Morgan fingerprint density at radius 1 is 0.440 bits per heavy atom. The van der Waals surface area contributed by atoms with Gasteiger partial charge in [0.25, 0.3) is 0 Å². The van der Waals surface area contributed by atoms with E-state index in [1.54, 1.807) is 0 Å². The van der Waals surface area contributed by atoms with Gasteiger partial charge in [0.1, 0.15) is 24.4 Å². The van der Waals surface area contributed by atoms with Crippen molar-refractivity contribution >= 4 is 29.5 Å². The van der Waals surface area contributed by atoms with Crippen molar-refractivity contribution in [3.05, 3.63) is 116 Å². The van der Waals surface area contributed by atoms with Gasteiger partial charge in [0.05, 0.1) is 128 Å². The number of aryl methyl sites for hydroxylation is 6. The van der Waals surface area contributed by atoms with E-state index in [1.165, 1.54) is 0 Å². The van der Waals surface area contributed by atoms with Gasteiger partial charge in [-0.2, -0.15) is 10.2 Å². The number of ether oxygens (including phenoxy) is 10. The smallest absolute Gasteiger partial charge is 0.145 e. The van der Waals surface area contributed by atoms with Crippen LogP contribution in [-0.2, 0) is 56.8 Å². The van der Waals surface area contributed by atoms with Gasteiger partial charge in [-0.05, 0) is 174 Å². The molecule has 0 radical (unpaired) electrons. The fraction of sp³-hybridized carbons (Fsp3) is 0.530. The molecule has 4 aromatic carbocycles. The third kappa shape index (κ3) is 25.0. The summed E-state index contributed by atoms with van der Waals surface area (Å²) >= 11 is 12.7. The number of carbonyl (C=O) groups excluding carboxylic acids is 1.